The Morgan fingerprint density at radius 1 is 0.972 bits per heavy atom. The zero-order valence-corrected chi connectivity index (χ0v) is 21.9. The van der Waals surface area contributed by atoms with Gasteiger partial charge in [-0.05, 0) is 36.1 Å². The van der Waals surface area contributed by atoms with E-state index in [4.69, 9.17) is 0 Å². The molecule has 0 aliphatic carbocycles. The largest absolute Gasteiger partial charge is 0.354 e. The van der Waals surface area contributed by atoms with Crippen LogP contribution in [0.2, 0.25) is 0 Å². The zero-order chi connectivity index (χ0) is 25.8. The summed E-state index contributed by atoms with van der Waals surface area (Å²) in [5.74, 6) is -0.000629. The third kappa shape index (κ3) is 8.52. The van der Waals surface area contributed by atoms with Gasteiger partial charge in [0, 0.05) is 25.3 Å². The SMILES string of the molecule is CCCCNC(=O)[C@H](Cc1ccccc1)N(Cc1cccc(C)c1)C(=O)CSCc1ccccc1F. The molecule has 3 aromatic rings. The molecular weight excluding hydrogens is 471 g/mol. The van der Waals surface area contributed by atoms with Crippen LogP contribution in [0.15, 0.2) is 78.9 Å². The normalized spacial score (nSPS) is 11.6. The van der Waals surface area contributed by atoms with Crippen LogP contribution in [0.3, 0.4) is 0 Å². The van der Waals surface area contributed by atoms with E-state index in [0.29, 0.717) is 30.8 Å². The fourth-order valence-corrected chi connectivity index (χ4v) is 4.91. The van der Waals surface area contributed by atoms with Gasteiger partial charge in [0.25, 0.3) is 0 Å². The molecule has 0 aliphatic heterocycles. The average Bonchev–Trinajstić information content (AvgIpc) is 2.88. The topological polar surface area (TPSA) is 49.4 Å². The number of nitrogens with zero attached hydrogens (tertiary/aromatic N) is 1. The number of halogens is 1. The average molecular weight is 507 g/mol. The van der Waals surface area contributed by atoms with Crippen LogP contribution in [0.1, 0.15) is 42.0 Å². The maximum absolute atomic E-state index is 14.1. The lowest BCUT2D eigenvalue weighted by molar-refractivity contribution is -0.139. The van der Waals surface area contributed by atoms with Crippen molar-refractivity contribution in [2.45, 2.75) is 51.4 Å². The first-order valence-corrected chi connectivity index (χ1v) is 13.6. The molecule has 6 heteroatoms. The van der Waals surface area contributed by atoms with Crippen molar-refractivity contribution in [2.75, 3.05) is 12.3 Å². The lowest BCUT2D eigenvalue weighted by Gasteiger charge is -2.31. The Hall–Kier alpha value is -3.12. The maximum Gasteiger partial charge on any atom is 0.243 e. The van der Waals surface area contributed by atoms with E-state index in [1.165, 1.54) is 17.8 Å². The molecule has 0 saturated carbocycles. The summed E-state index contributed by atoms with van der Waals surface area (Å²) in [4.78, 5) is 28.7. The van der Waals surface area contributed by atoms with Crippen LogP contribution in [0, 0.1) is 12.7 Å². The van der Waals surface area contributed by atoms with E-state index in [-0.39, 0.29) is 23.4 Å². The van der Waals surface area contributed by atoms with E-state index < -0.39 is 6.04 Å². The van der Waals surface area contributed by atoms with Crippen molar-refractivity contribution < 1.29 is 14.0 Å². The van der Waals surface area contributed by atoms with Gasteiger partial charge in [0.05, 0.1) is 5.75 Å². The fraction of sp³-hybridized carbons (Fsp3) is 0.333. The number of carbonyl (C=O) groups excluding carboxylic acids is 2. The molecule has 36 heavy (non-hydrogen) atoms. The maximum atomic E-state index is 14.1. The summed E-state index contributed by atoms with van der Waals surface area (Å²) in [6.07, 6.45) is 2.28. The minimum atomic E-state index is -0.647. The highest BCUT2D eigenvalue weighted by molar-refractivity contribution is 7.99. The summed E-state index contributed by atoms with van der Waals surface area (Å²) in [6, 6.07) is 23.8. The number of amides is 2. The molecule has 0 fully saturated rings. The number of rotatable bonds is 13. The van der Waals surface area contributed by atoms with Crippen LogP contribution < -0.4 is 5.32 Å². The summed E-state index contributed by atoms with van der Waals surface area (Å²) in [5, 5.41) is 3.04. The number of aryl methyl sites for hydroxylation is 1. The predicted octanol–water partition coefficient (Wildman–Crippen LogP) is 5.92. The van der Waals surface area contributed by atoms with Crippen molar-refractivity contribution in [3.8, 4) is 0 Å². The van der Waals surface area contributed by atoms with Gasteiger partial charge >= 0.3 is 0 Å². The van der Waals surface area contributed by atoms with Gasteiger partial charge in [-0.1, -0.05) is 91.7 Å². The second kappa shape index (κ2) is 14.4. The van der Waals surface area contributed by atoms with Crippen LogP contribution in [0.5, 0.6) is 0 Å². The predicted molar refractivity (Wildman–Crippen MR) is 146 cm³/mol. The highest BCUT2D eigenvalue weighted by Crippen LogP contribution is 2.20. The highest BCUT2D eigenvalue weighted by Gasteiger charge is 2.30. The van der Waals surface area contributed by atoms with Crippen molar-refractivity contribution >= 4 is 23.6 Å². The number of nitrogens with one attached hydrogen (secondary N) is 1. The number of hydrogen-bond donors (Lipinski definition) is 1. The van der Waals surface area contributed by atoms with E-state index in [9.17, 15) is 14.0 Å². The molecule has 0 bridgehead atoms. The van der Waals surface area contributed by atoms with Gasteiger partial charge in [-0.25, -0.2) is 4.39 Å². The van der Waals surface area contributed by atoms with Gasteiger partial charge in [0.15, 0.2) is 0 Å². The second-order valence-electron chi connectivity index (χ2n) is 8.95. The molecule has 4 nitrogen and oxygen atoms in total. The van der Waals surface area contributed by atoms with Gasteiger partial charge in [0.2, 0.25) is 11.8 Å². The highest BCUT2D eigenvalue weighted by atomic mass is 32.2. The molecule has 190 valence electrons. The standard InChI is InChI=1S/C30H35FN2O2S/c1-3-4-17-32-30(35)28(19-24-12-6-5-7-13-24)33(20-25-14-10-11-23(2)18-25)29(34)22-36-21-26-15-8-9-16-27(26)31/h5-16,18,28H,3-4,17,19-22H2,1-2H3,(H,32,35)/t28-/m0/s1. The molecule has 0 aromatic heterocycles. The van der Waals surface area contributed by atoms with E-state index in [1.54, 1.807) is 23.1 Å². The first-order valence-electron chi connectivity index (χ1n) is 12.5. The molecule has 0 unspecified atom stereocenters. The Balaban J connectivity index is 1.84. The number of hydrogen-bond acceptors (Lipinski definition) is 3. The van der Waals surface area contributed by atoms with E-state index in [1.807, 2.05) is 61.5 Å². The molecular formula is C30H35FN2O2S. The molecule has 0 radical (unpaired) electrons. The minimum Gasteiger partial charge on any atom is -0.354 e. The Kier molecular flexibility index (Phi) is 11.0. The molecule has 0 heterocycles. The summed E-state index contributed by atoms with van der Waals surface area (Å²) < 4.78 is 14.1. The molecule has 0 aliphatic rings. The third-order valence-corrected chi connectivity index (χ3v) is 6.94. The molecule has 3 aromatic carbocycles. The van der Waals surface area contributed by atoms with E-state index in [0.717, 1.165) is 29.5 Å². The number of unbranched alkanes of at least 4 members (excludes halogenated alkanes) is 1. The Labute approximate surface area is 218 Å². The third-order valence-electron chi connectivity index (χ3n) is 5.98. The summed E-state index contributed by atoms with van der Waals surface area (Å²) in [6.45, 7) is 5.00. The second-order valence-corrected chi connectivity index (χ2v) is 9.93. The fourth-order valence-electron chi connectivity index (χ4n) is 4.01. The van der Waals surface area contributed by atoms with Crippen LogP contribution in [0.25, 0.3) is 0 Å². The van der Waals surface area contributed by atoms with Crippen molar-refractivity contribution in [3.63, 3.8) is 0 Å². The summed E-state index contributed by atoms with van der Waals surface area (Å²) >= 11 is 1.36. The van der Waals surface area contributed by atoms with Crippen LogP contribution in [0.4, 0.5) is 4.39 Å². The Morgan fingerprint density at radius 3 is 2.42 bits per heavy atom. The first kappa shape index (κ1) is 27.5. The van der Waals surface area contributed by atoms with Crippen molar-refractivity contribution in [1.82, 2.24) is 10.2 Å². The van der Waals surface area contributed by atoms with E-state index in [2.05, 4.69) is 12.2 Å². The van der Waals surface area contributed by atoms with Gasteiger partial charge in [-0.2, -0.15) is 0 Å². The van der Waals surface area contributed by atoms with Crippen LogP contribution in [-0.4, -0.2) is 35.1 Å². The number of benzene rings is 3. The van der Waals surface area contributed by atoms with E-state index >= 15 is 0 Å². The monoisotopic (exact) mass is 506 g/mol. The van der Waals surface area contributed by atoms with Crippen LogP contribution >= 0.6 is 11.8 Å². The molecule has 0 spiro atoms. The van der Waals surface area contributed by atoms with Crippen LogP contribution in [-0.2, 0) is 28.3 Å². The molecule has 0 saturated heterocycles. The summed E-state index contributed by atoms with van der Waals surface area (Å²) in [5.41, 5.74) is 3.63. The number of thioether (sulfide) groups is 1. The Morgan fingerprint density at radius 2 is 1.69 bits per heavy atom. The quantitative estimate of drug-likeness (QED) is 0.293. The van der Waals surface area contributed by atoms with Gasteiger partial charge in [-0.15, -0.1) is 11.8 Å². The molecule has 1 N–H and O–H groups in total. The molecule has 3 rings (SSSR count). The minimum absolute atomic E-state index is 0.135. The van der Waals surface area contributed by atoms with Gasteiger partial charge in [0.1, 0.15) is 11.9 Å². The van der Waals surface area contributed by atoms with Crippen molar-refractivity contribution in [1.29, 1.82) is 0 Å². The lowest BCUT2D eigenvalue weighted by Crippen LogP contribution is -2.51. The van der Waals surface area contributed by atoms with Crippen molar-refractivity contribution in [2.24, 2.45) is 0 Å². The molecule has 2 amide bonds. The molecule has 1 atom stereocenters. The number of carbonyl (C=O) groups is 2. The van der Waals surface area contributed by atoms with Crippen molar-refractivity contribution in [3.05, 3.63) is 107 Å². The zero-order valence-electron chi connectivity index (χ0n) is 21.1. The first-order chi connectivity index (χ1) is 17.5. The summed E-state index contributed by atoms with van der Waals surface area (Å²) in [7, 11) is 0. The lowest BCUT2D eigenvalue weighted by atomic mass is 10.0. The smallest absolute Gasteiger partial charge is 0.243 e. The van der Waals surface area contributed by atoms with Gasteiger partial charge in [-0.3, -0.25) is 9.59 Å². The van der Waals surface area contributed by atoms with Gasteiger partial charge < -0.3 is 10.2 Å². The Bertz CT molecular complexity index is 1120.